The predicted molar refractivity (Wildman–Crippen MR) is 60.8 cm³/mol. The van der Waals surface area contributed by atoms with E-state index in [0.717, 1.165) is 19.2 Å². The molecule has 9 heteroatoms. The number of sulfonamides is 1. The zero-order chi connectivity index (χ0) is 14.8. The van der Waals surface area contributed by atoms with Crippen LogP contribution in [0, 0.1) is 0 Å². The van der Waals surface area contributed by atoms with Crippen LogP contribution < -0.4 is 5.14 Å². The molecule has 0 aliphatic heterocycles. The minimum atomic E-state index is -4.53. The number of hydrogen-bond acceptors (Lipinski definition) is 3. The molecule has 1 rings (SSSR count). The van der Waals surface area contributed by atoms with Crippen molar-refractivity contribution in [1.29, 1.82) is 0 Å². The van der Waals surface area contributed by atoms with Crippen molar-refractivity contribution in [2.24, 2.45) is 5.14 Å². The Labute approximate surface area is 107 Å². The lowest BCUT2D eigenvalue weighted by Crippen LogP contribution is -2.35. The summed E-state index contributed by atoms with van der Waals surface area (Å²) in [6.45, 7) is -1.43. The molecule has 0 fully saturated rings. The minimum Gasteiger partial charge on any atom is -0.333 e. The Kier molecular flexibility index (Phi) is 4.21. The van der Waals surface area contributed by atoms with Crippen LogP contribution >= 0.6 is 0 Å². The summed E-state index contributed by atoms with van der Waals surface area (Å²) in [5, 5.41) is 4.87. The lowest BCUT2D eigenvalue weighted by atomic mass is 10.2. The third-order valence-electron chi connectivity index (χ3n) is 2.17. The first-order chi connectivity index (χ1) is 8.50. The monoisotopic (exact) mass is 296 g/mol. The van der Waals surface area contributed by atoms with E-state index in [-0.39, 0.29) is 10.5 Å². The fourth-order valence-electron chi connectivity index (χ4n) is 1.37. The maximum atomic E-state index is 12.1. The van der Waals surface area contributed by atoms with Gasteiger partial charge in [-0.05, 0) is 18.2 Å². The van der Waals surface area contributed by atoms with E-state index in [4.69, 9.17) is 5.14 Å². The van der Waals surface area contributed by atoms with Gasteiger partial charge < -0.3 is 4.90 Å². The molecule has 0 saturated heterocycles. The first-order valence-corrected chi connectivity index (χ1v) is 6.50. The minimum absolute atomic E-state index is 0.182. The van der Waals surface area contributed by atoms with E-state index in [1.165, 1.54) is 12.1 Å². The highest BCUT2D eigenvalue weighted by molar-refractivity contribution is 7.89. The van der Waals surface area contributed by atoms with Gasteiger partial charge in [-0.2, -0.15) is 13.2 Å². The van der Waals surface area contributed by atoms with Gasteiger partial charge >= 0.3 is 6.18 Å². The van der Waals surface area contributed by atoms with E-state index < -0.39 is 28.7 Å². The number of carbonyl (C=O) groups is 1. The third-order valence-corrected chi connectivity index (χ3v) is 3.08. The first-order valence-electron chi connectivity index (χ1n) is 4.96. The molecule has 0 saturated carbocycles. The van der Waals surface area contributed by atoms with Gasteiger partial charge in [0.1, 0.15) is 6.54 Å². The van der Waals surface area contributed by atoms with Crippen LogP contribution in [0.3, 0.4) is 0 Å². The molecule has 19 heavy (non-hydrogen) atoms. The van der Waals surface area contributed by atoms with Gasteiger partial charge in [0.15, 0.2) is 0 Å². The third kappa shape index (κ3) is 4.52. The summed E-state index contributed by atoms with van der Waals surface area (Å²) in [6, 6.07) is 4.53. The predicted octanol–water partition coefficient (Wildman–Crippen LogP) is 0.968. The van der Waals surface area contributed by atoms with E-state index >= 15 is 0 Å². The van der Waals surface area contributed by atoms with Crippen molar-refractivity contribution < 1.29 is 26.4 Å². The average Bonchev–Trinajstić information content (AvgIpc) is 2.24. The van der Waals surface area contributed by atoms with Crippen molar-refractivity contribution in [2.75, 3.05) is 13.6 Å². The molecule has 106 valence electrons. The maximum absolute atomic E-state index is 12.1. The highest BCUT2D eigenvalue weighted by atomic mass is 32.2. The van der Waals surface area contributed by atoms with Crippen LogP contribution in [0.2, 0.25) is 0 Å². The van der Waals surface area contributed by atoms with Crippen molar-refractivity contribution in [1.82, 2.24) is 4.90 Å². The summed E-state index contributed by atoms with van der Waals surface area (Å²) >= 11 is 0. The molecular weight excluding hydrogens is 285 g/mol. The highest BCUT2D eigenvalue weighted by Gasteiger charge is 2.31. The van der Waals surface area contributed by atoms with E-state index in [1.807, 2.05) is 0 Å². The van der Waals surface area contributed by atoms with Gasteiger partial charge in [0.2, 0.25) is 10.0 Å². The number of benzene rings is 1. The fourth-order valence-corrected chi connectivity index (χ4v) is 1.93. The van der Waals surface area contributed by atoms with E-state index in [1.54, 1.807) is 0 Å². The number of rotatable bonds is 3. The molecule has 0 aromatic heterocycles. The number of alkyl halides is 3. The van der Waals surface area contributed by atoms with Crippen LogP contribution in [-0.2, 0) is 10.0 Å². The van der Waals surface area contributed by atoms with Crippen LogP contribution in [0.4, 0.5) is 13.2 Å². The van der Waals surface area contributed by atoms with Crippen molar-refractivity contribution in [3.05, 3.63) is 29.8 Å². The van der Waals surface area contributed by atoms with Gasteiger partial charge in [-0.25, -0.2) is 13.6 Å². The molecule has 1 aromatic rings. The number of carbonyl (C=O) groups excluding carboxylic acids is 1. The number of hydrogen-bond donors (Lipinski definition) is 1. The second-order valence-electron chi connectivity index (χ2n) is 3.85. The molecule has 0 aliphatic rings. The zero-order valence-corrected chi connectivity index (χ0v) is 10.6. The van der Waals surface area contributed by atoms with Gasteiger partial charge in [-0.3, -0.25) is 4.79 Å². The number of primary sulfonamides is 1. The molecular formula is C10H11F3N2O3S. The van der Waals surface area contributed by atoms with Gasteiger partial charge in [-0.1, -0.05) is 6.07 Å². The quantitative estimate of drug-likeness (QED) is 0.902. The van der Waals surface area contributed by atoms with Gasteiger partial charge in [0.25, 0.3) is 5.91 Å². The number of nitrogens with two attached hydrogens (primary N) is 1. The first kappa shape index (κ1) is 15.4. The molecule has 0 radical (unpaired) electrons. The molecule has 0 spiro atoms. The lowest BCUT2D eigenvalue weighted by Gasteiger charge is -2.19. The van der Waals surface area contributed by atoms with E-state index in [0.29, 0.717) is 4.90 Å². The van der Waals surface area contributed by atoms with Crippen molar-refractivity contribution in [3.63, 3.8) is 0 Å². The Morgan fingerprint density at radius 1 is 1.37 bits per heavy atom. The van der Waals surface area contributed by atoms with Crippen molar-refractivity contribution in [3.8, 4) is 0 Å². The summed E-state index contributed by atoms with van der Waals surface area (Å²) in [7, 11) is -3.04. The molecule has 1 aromatic carbocycles. The standard InChI is InChI=1S/C10H11F3N2O3S/c1-15(6-10(11,12)13)9(16)7-3-2-4-8(5-7)19(14,17)18/h2-5H,6H2,1H3,(H2,14,17,18). The summed E-state index contributed by atoms with van der Waals surface area (Å²) in [5.41, 5.74) is -0.182. The Balaban J connectivity index is 3.01. The highest BCUT2D eigenvalue weighted by Crippen LogP contribution is 2.18. The number of amides is 1. The van der Waals surface area contributed by atoms with Crippen molar-refractivity contribution in [2.45, 2.75) is 11.1 Å². The summed E-state index contributed by atoms with van der Waals surface area (Å²) in [5.74, 6) is -0.942. The largest absolute Gasteiger partial charge is 0.406 e. The molecule has 0 atom stereocenters. The average molecular weight is 296 g/mol. The Morgan fingerprint density at radius 2 is 1.95 bits per heavy atom. The molecule has 0 bridgehead atoms. The van der Waals surface area contributed by atoms with Crippen LogP contribution in [0.1, 0.15) is 10.4 Å². The summed E-state index contributed by atoms with van der Waals surface area (Å²) < 4.78 is 58.6. The summed E-state index contributed by atoms with van der Waals surface area (Å²) in [6.07, 6.45) is -4.53. The van der Waals surface area contributed by atoms with Crippen LogP contribution in [0.5, 0.6) is 0 Å². The van der Waals surface area contributed by atoms with Crippen LogP contribution in [-0.4, -0.2) is 39.0 Å². The number of nitrogens with zero attached hydrogens (tertiary/aromatic N) is 1. The zero-order valence-electron chi connectivity index (χ0n) is 9.81. The Hall–Kier alpha value is -1.61. The summed E-state index contributed by atoms with van der Waals surface area (Å²) in [4.78, 5) is 11.8. The number of halogens is 3. The fraction of sp³-hybridized carbons (Fsp3) is 0.300. The normalized spacial score (nSPS) is 12.3. The molecule has 2 N–H and O–H groups in total. The Bertz CT molecular complexity index is 584. The Morgan fingerprint density at radius 3 is 2.42 bits per heavy atom. The molecule has 0 aliphatic carbocycles. The smallest absolute Gasteiger partial charge is 0.333 e. The molecule has 0 unspecified atom stereocenters. The second kappa shape index (κ2) is 5.17. The van der Waals surface area contributed by atoms with Crippen LogP contribution in [0.25, 0.3) is 0 Å². The van der Waals surface area contributed by atoms with Gasteiger partial charge in [-0.15, -0.1) is 0 Å². The van der Waals surface area contributed by atoms with E-state index in [2.05, 4.69) is 0 Å². The molecule has 1 amide bonds. The topological polar surface area (TPSA) is 80.5 Å². The maximum Gasteiger partial charge on any atom is 0.406 e. The van der Waals surface area contributed by atoms with Crippen LogP contribution in [0.15, 0.2) is 29.2 Å². The molecule has 5 nitrogen and oxygen atoms in total. The second-order valence-corrected chi connectivity index (χ2v) is 5.41. The van der Waals surface area contributed by atoms with Gasteiger partial charge in [0.05, 0.1) is 4.90 Å². The lowest BCUT2D eigenvalue weighted by molar-refractivity contribution is -0.138. The van der Waals surface area contributed by atoms with Crippen molar-refractivity contribution >= 4 is 15.9 Å². The molecule has 0 heterocycles. The van der Waals surface area contributed by atoms with E-state index in [9.17, 15) is 26.4 Å². The van der Waals surface area contributed by atoms with Gasteiger partial charge in [0, 0.05) is 12.6 Å². The SMILES string of the molecule is CN(CC(F)(F)F)C(=O)c1cccc(S(N)(=O)=O)c1.